The Morgan fingerprint density at radius 2 is 1.74 bits per heavy atom. The molecule has 0 spiro atoms. The fourth-order valence-corrected chi connectivity index (χ4v) is 4.32. The summed E-state index contributed by atoms with van der Waals surface area (Å²) in [7, 11) is 0. The van der Waals surface area contributed by atoms with Gasteiger partial charge in [0.1, 0.15) is 5.84 Å². The van der Waals surface area contributed by atoms with Crippen LogP contribution in [0.5, 0.6) is 0 Å². The Kier molecular flexibility index (Phi) is 7.07. The highest BCUT2D eigenvalue weighted by atomic mass is 16.5. The van der Waals surface area contributed by atoms with Crippen LogP contribution in [0.2, 0.25) is 0 Å². The van der Waals surface area contributed by atoms with Crippen molar-refractivity contribution in [2.45, 2.75) is 52.4 Å². The molecule has 3 aliphatic rings. The number of hydroxylamine groups is 1. The fraction of sp³-hybridized carbons (Fsp3) is 0.714. The zero-order valence-corrected chi connectivity index (χ0v) is 16.7. The molecule has 1 saturated carbocycles. The van der Waals surface area contributed by atoms with E-state index in [9.17, 15) is 4.79 Å². The van der Waals surface area contributed by atoms with Crippen LogP contribution in [-0.4, -0.2) is 48.0 Å². The van der Waals surface area contributed by atoms with E-state index in [0.717, 1.165) is 43.2 Å². The molecule has 3 rings (SSSR count). The van der Waals surface area contributed by atoms with Crippen molar-refractivity contribution in [3.8, 4) is 0 Å². The van der Waals surface area contributed by atoms with Gasteiger partial charge in [0, 0.05) is 13.1 Å². The first-order valence-electron chi connectivity index (χ1n) is 10.4. The van der Waals surface area contributed by atoms with Crippen LogP contribution in [0.1, 0.15) is 52.4 Å². The first kappa shape index (κ1) is 20.1. The van der Waals surface area contributed by atoms with Gasteiger partial charge in [-0.2, -0.15) is 0 Å². The van der Waals surface area contributed by atoms with Gasteiger partial charge in [0.2, 0.25) is 0 Å². The second-order valence-electron chi connectivity index (χ2n) is 8.45. The molecule has 0 bridgehead atoms. The van der Waals surface area contributed by atoms with Gasteiger partial charge in [-0.3, -0.25) is 10.0 Å². The van der Waals surface area contributed by atoms with Gasteiger partial charge in [-0.1, -0.05) is 19.8 Å². The lowest BCUT2D eigenvalue weighted by Crippen LogP contribution is -2.40. The molecule has 2 fully saturated rings. The SMILES string of the molecule is CC(=NC1=C(C(=O)NO)C=C1)N1CCC(CNCC2CCC(C)CC2)CC1. The molecule has 1 aliphatic heterocycles. The third kappa shape index (κ3) is 5.42. The van der Waals surface area contributed by atoms with Crippen LogP contribution in [0.15, 0.2) is 28.4 Å². The average molecular weight is 375 g/mol. The molecule has 0 aromatic heterocycles. The summed E-state index contributed by atoms with van der Waals surface area (Å²) in [6, 6.07) is 0. The Bertz CT molecular complexity index is 610. The normalized spacial score (nSPS) is 26.9. The zero-order chi connectivity index (χ0) is 19.2. The minimum absolute atomic E-state index is 0.438. The largest absolute Gasteiger partial charge is 0.360 e. The van der Waals surface area contributed by atoms with Gasteiger partial charge in [-0.25, -0.2) is 10.5 Å². The molecule has 1 amide bonds. The first-order valence-corrected chi connectivity index (χ1v) is 10.4. The van der Waals surface area contributed by atoms with E-state index in [1.807, 2.05) is 6.92 Å². The summed E-state index contributed by atoms with van der Waals surface area (Å²) >= 11 is 0. The molecule has 1 saturated heterocycles. The number of nitrogens with one attached hydrogen (secondary N) is 2. The number of hydrogen-bond donors (Lipinski definition) is 3. The Morgan fingerprint density at radius 1 is 1.11 bits per heavy atom. The van der Waals surface area contributed by atoms with Crippen molar-refractivity contribution in [2.24, 2.45) is 22.7 Å². The number of rotatable bonds is 6. The Hall–Kier alpha value is -1.66. The van der Waals surface area contributed by atoms with Crippen LogP contribution in [-0.2, 0) is 4.79 Å². The number of piperidine rings is 1. The van der Waals surface area contributed by atoms with Crippen LogP contribution in [0, 0.1) is 17.8 Å². The maximum atomic E-state index is 11.5. The van der Waals surface area contributed by atoms with Crippen LogP contribution in [0.4, 0.5) is 0 Å². The van der Waals surface area contributed by atoms with E-state index < -0.39 is 5.91 Å². The Morgan fingerprint density at radius 3 is 2.30 bits per heavy atom. The van der Waals surface area contributed by atoms with Crippen molar-refractivity contribution >= 4 is 11.7 Å². The van der Waals surface area contributed by atoms with E-state index in [0.29, 0.717) is 11.3 Å². The van der Waals surface area contributed by atoms with Crippen molar-refractivity contribution in [2.75, 3.05) is 26.2 Å². The summed E-state index contributed by atoms with van der Waals surface area (Å²) in [4.78, 5) is 18.3. The highest BCUT2D eigenvalue weighted by molar-refractivity contribution is 5.99. The van der Waals surface area contributed by atoms with E-state index in [4.69, 9.17) is 5.21 Å². The molecule has 150 valence electrons. The Labute approximate surface area is 162 Å². The van der Waals surface area contributed by atoms with Crippen molar-refractivity contribution in [1.82, 2.24) is 15.7 Å². The number of hydrogen-bond acceptors (Lipinski definition) is 4. The number of amides is 1. The summed E-state index contributed by atoms with van der Waals surface area (Å²) in [5.41, 5.74) is 2.74. The molecule has 0 aromatic rings. The molecule has 27 heavy (non-hydrogen) atoms. The zero-order valence-electron chi connectivity index (χ0n) is 16.7. The molecule has 0 aromatic carbocycles. The molecule has 6 nitrogen and oxygen atoms in total. The molecular weight excluding hydrogens is 340 g/mol. The topological polar surface area (TPSA) is 77.0 Å². The highest BCUT2D eigenvalue weighted by Gasteiger charge is 2.23. The summed E-state index contributed by atoms with van der Waals surface area (Å²) in [5.74, 6) is 3.00. The van der Waals surface area contributed by atoms with E-state index in [2.05, 4.69) is 22.1 Å². The quantitative estimate of drug-likeness (QED) is 0.289. The summed E-state index contributed by atoms with van der Waals surface area (Å²) < 4.78 is 0. The van der Waals surface area contributed by atoms with E-state index in [-0.39, 0.29) is 0 Å². The summed E-state index contributed by atoms with van der Waals surface area (Å²) in [6.07, 6.45) is 11.4. The number of likely N-dealkylation sites (tertiary alicyclic amines) is 1. The van der Waals surface area contributed by atoms with Crippen molar-refractivity contribution in [3.63, 3.8) is 0 Å². The number of nitrogens with zero attached hydrogens (tertiary/aromatic N) is 2. The lowest BCUT2D eigenvalue weighted by molar-refractivity contribution is -0.125. The molecule has 0 atom stereocenters. The maximum absolute atomic E-state index is 11.5. The van der Waals surface area contributed by atoms with E-state index in [1.54, 1.807) is 17.6 Å². The summed E-state index contributed by atoms with van der Waals surface area (Å²) in [6.45, 7) is 8.72. The van der Waals surface area contributed by atoms with E-state index >= 15 is 0 Å². The first-order chi connectivity index (χ1) is 13.1. The highest BCUT2D eigenvalue weighted by Crippen LogP contribution is 2.28. The van der Waals surface area contributed by atoms with Gasteiger partial charge >= 0.3 is 0 Å². The molecule has 0 unspecified atom stereocenters. The van der Waals surface area contributed by atoms with Gasteiger partial charge < -0.3 is 10.2 Å². The fourth-order valence-electron chi connectivity index (χ4n) is 4.32. The van der Waals surface area contributed by atoms with Crippen LogP contribution >= 0.6 is 0 Å². The predicted octanol–water partition coefficient (Wildman–Crippen LogP) is 2.86. The number of carbonyl (C=O) groups is 1. The Balaban J connectivity index is 1.37. The molecule has 1 heterocycles. The molecule has 6 heteroatoms. The van der Waals surface area contributed by atoms with E-state index in [1.165, 1.54) is 45.1 Å². The van der Waals surface area contributed by atoms with Crippen LogP contribution in [0.25, 0.3) is 0 Å². The predicted molar refractivity (Wildman–Crippen MR) is 107 cm³/mol. The van der Waals surface area contributed by atoms with Crippen molar-refractivity contribution < 1.29 is 10.0 Å². The molecule has 3 N–H and O–H groups in total. The van der Waals surface area contributed by atoms with Crippen molar-refractivity contribution in [1.29, 1.82) is 0 Å². The number of allylic oxidation sites excluding steroid dienone is 1. The molecule has 2 aliphatic carbocycles. The number of carbonyl (C=O) groups excluding carboxylic acids is 1. The standard InChI is InChI=1S/C21H34N4O2/c1-15-3-5-17(6-4-15)13-22-14-18-9-11-25(12-10-18)16(2)23-20-8-7-19(20)21(26)24-27/h7-8,15,17-18,22,27H,3-6,9-14H2,1-2H3,(H,24,26). The number of aliphatic imine (C=N–C) groups is 1. The second-order valence-corrected chi connectivity index (χ2v) is 8.45. The van der Waals surface area contributed by atoms with Gasteiger partial charge in [0.25, 0.3) is 5.91 Å². The van der Waals surface area contributed by atoms with Gasteiger partial charge in [0.05, 0.1) is 11.3 Å². The monoisotopic (exact) mass is 374 g/mol. The lowest BCUT2D eigenvalue weighted by Gasteiger charge is -2.34. The van der Waals surface area contributed by atoms with Gasteiger partial charge in [0.15, 0.2) is 0 Å². The smallest absolute Gasteiger partial charge is 0.276 e. The van der Waals surface area contributed by atoms with Gasteiger partial charge in [-0.15, -0.1) is 0 Å². The number of amidine groups is 1. The molecular formula is C21H34N4O2. The third-order valence-electron chi connectivity index (χ3n) is 6.39. The third-order valence-corrected chi connectivity index (χ3v) is 6.39. The summed E-state index contributed by atoms with van der Waals surface area (Å²) in [5, 5.41) is 12.5. The van der Waals surface area contributed by atoms with Crippen LogP contribution < -0.4 is 10.8 Å². The lowest BCUT2D eigenvalue weighted by atomic mass is 9.83. The maximum Gasteiger partial charge on any atom is 0.276 e. The van der Waals surface area contributed by atoms with Crippen LogP contribution in [0.3, 0.4) is 0 Å². The van der Waals surface area contributed by atoms with Crippen molar-refractivity contribution in [3.05, 3.63) is 23.4 Å². The minimum atomic E-state index is -0.499. The van der Waals surface area contributed by atoms with Gasteiger partial charge in [-0.05, 0) is 75.6 Å². The molecule has 0 radical (unpaired) electrons. The second kappa shape index (κ2) is 9.51. The average Bonchev–Trinajstić information content (AvgIpc) is 2.67. The minimum Gasteiger partial charge on any atom is -0.360 e.